The van der Waals surface area contributed by atoms with Crippen molar-refractivity contribution in [3.05, 3.63) is 64.1 Å². The first kappa shape index (κ1) is 18.8. The van der Waals surface area contributed by atoms with Crippen molar-refractivity contribution < 1.29 is 4.74 Å². The third-order valence-corrected chi connectivity index (χ3v) is 7.46. The van der Waals surface area contributed by atoms with Crippen LogP contribution in [0, 0.1) is 6.92 Å². The second-order valence-corrected chi connectivity index (χ2v) is 9.24. The van der Waals surface area contributed by atoms with Crippen LogP contribution in [-0.4, -0.2) is 27.2 Å². The number of benzene rings is 1. The number of thiophene rings is 1. The molecule has 148 valence electrons. The Bertz CT molecular complexity index is 1240. The van der Waals surface area contributed by atoms with Gasteiger partial charge in [0.05, 0.1) is 18.2 Å². The molecule has 1 fully saturated rings. The normalized spacial score (nSPS) is 16.8. The van der Waals surface area contributed by atoms with Gasteiger partial charge in [0.15, 0.2) is 5.16 Å². The second-order valence-electron chi connectivity index (χ2n) is 7.30. The van der Waals surface area contributed by atoms with Crippen molar-refractivity contribution >= 4 is 43.5 Å². The topological polar surface area (TPSA) is 57.0 Å². The minimum absolute atomic E-state index is 0.0146. The first-order chi connectivity index (χ1) is 14.2. The lowest BCUT2D eigenvalue weighted by Crippen LogP contribution is -2.28. The summed E-state index contributed by atoms with van der Waals surface area (Å²) in [6, 6.07) is 12.2. The van der Waals surface area contributed by atoms with Crippen LogP contribution in [0.25, 0.3) is 20.4 Å². The van der Waals surface area contributed by atoms with Crippen molar-refractivity contribution in [2.24, 2.45) is 0 Å². The number of hydrogen-bond donors (Lipinski definition) is 0. The summed E-state index contributed by atoms with van der Waals surface area (Å²) in [6.07, 6.45) is 3.88. The molecule has 0 bridgehead atoms. The van der Waals surface area contributed by atoms with Gasteiger partial charge in [0.1, 0.15) is 9.53 Å². The van der Waals surface area contributed by atoms with Gasteiger partial charge in [-0.25, -0.2) is 9.97 Å². The van der Waals surface area contributed by atoms with Crippen LogP contribution in [-0.2, 0) is 17.0 Å². The van der Waals surface area contributed by atoms with Gasteiger partial charge in [-0.05, 0) is 43.0 Å². The highest BCUT2D eigenvalue weighted by Gasteiger charge is 2.22. The average Bonchev–Trinajstić information content (AvgIpc) is 3.38. The first-order valence-corrected chi connectivity index (χ1v) is 11.6. The van der Waals surface area contributed by atoms with Crippen LogP contribution in [0.5, 0.6) is 0 Å². The zero-order valence-corrected chi connectivity index (χ0v) is 17.8. The molecule has 5 rings (SSSR count). The van der Waals surface area contributed by atoms with E-state index in [0.29, 0.717) is 11.2 Å². The zero-order chi connectivity index (χ0) is 19.8. The van der Waals surface area contributed by atoms with Gasteiger partial charge in [0.2, 0.25) is 0 Å². The second kappa shape index (κ2) is 7.89. The molecular weight excluding hydrogens is 402 g/mol. The Morgan fingerprint density at radius 1 is 1.28 bits per heavy atom. The van der Waals surface area contributed by atoms with E-state index in [2.05, 4.69) is 30.1 Å². The molecule has 0 radical (unpaired) electrons. The van der Waals surface area contributed by atoms with E-state index in [9.17, 15) is 4.79 Å². The van der Waals surface area contributed by atoms with Crippen LogP contribution in [0.3, 0.4) is 0 Å². The molecule has 4 aromatic rings. The van der Waals surface area contributed by atoms with Crippen molar-refractivity contribution in [3.8, 4) is 0 Å². The summed E-state index contributed by atoms with van der Waals surface area (Å²) >= 11 is 3.05. The number of fused-ring (bicyclic) bond motifs is 3. The van der Waals surface area contributed by atoms with Crippen LogP contribution in [0.1, 0.15) is 24.0 Å². The number of hydrogen-bond acceptors (Lipinski definition) is 6. The molecule has 1 saturated heterocycles. The number of aromatic nitrogens is 3. The Morgan fingerprint density at radius 3 is 3.00 bits per heavy atom. The fourth-order valence-corrected chi connectivity index (χ4v) is 5.83. The van der Waals surface area contributed by atoms with Gasteiger partial charge in [-0.2, -0.15) is 0 Å². The molecule has 0 spiro atoms. The largest absolute Gasteiger partial charge is 0.376 e. The fraction of sp³-hybridized carbons (Fsp3) is 0.318. The third-order valence-electron chi connectivity index (χ3n) is 5.35. The number of nitrogens with zero attached hydrogens (tertiary/aromatic N) is 3. The average molecular weight is 424 g/mol. The number of thioether (sulfide) groups is 1. The SMILES string of the molecule is Cc1ccccc1CSc1nc2c(sc3ncccc32)c(=O)n1CC1CCCO1. The molecule has 1 aromatic carbocycles. The highest BCUT2D eigenvalue weighted by molar-refractivity contribution is 7.98. The van der Waals surface area contributed by atoms with E-state index in [4.69, 9.17) is 9.72 Å². The van der Waals surface area contributed by atoms with Gasteiger partial charge in [-0.3, -0.25) is 9.36 Å². The molecule has 7 heteroatoms. The van der Waals surface area contributed by atoms with Crippen LogP contribution in [0.2, 0.25) is 0 Å². The molecule has 1 unspecified atom stereocenters. The predicted molar refractivity (Wildman–Crippen MR) is 119 cm³/mol. The molecule has 1 aliphatic heterocycles. The molecule has 0 aliphatic carbocycles. The van der Waals surface area contributed by atoms with Gasteiger partial charge in [0.25, 0.3) is 5.56 Å². The first-order valence-electron chi connectivity index (χ1n) is 9.77. The molecular formula is C22H21N3O2S2. The maximum Gasteiger partial charge on any atom is 0.272 e. The van der Waals surface area contributed by atoms with E-state index in [1.807, 2.05) is 22.8 Å². The van der Waals surface area contributed by atoms with Gasteiger partial charge in [0, 0.05) is 23.9 Å². The number of aryl methyl sites for hydroxylation is 1. The zero-order valence-electron chi connectivity index (χ0n) is 16.1. The molecule has 0 amide bonds. The van der Waals surface area contributed by atoms with Crippen molar-refractivity contribution in [2.75, 3.05) is 6.61 Å². The highest BCUT2D eigenvalue weighted by atomic mass is 32.2. The Balaban J connectivity index is 1.61. The lowest BCUT2D eigenvalue weighted by Gasteiger charge is -2.16. The predicted octanol–water partition coefficient (Wildman–Crippen LogP) is 4.79. The summed E-state index contributed by atoms with van der Waals surface area (Å²) in [5, 5.41) is 1.71. The van der Waals surface area contributed by atoms with Gasteiger partial charge in [-0.1, -0.05) is 36.0 Å². The van der Waals surface area contributed by atoms with Crippen LogP contribution >= 0.6 is 23.1 Å². The summed E-state index contributed by atoms with van der Waals surface area (Å²) < 4.78 is 8.31. The maximum atomic E-state index is 13.4. The molecule has 3 aromatic heterocycles. The molecule has 0 N–H and O–H groups in total. The van der Waals surface area contributed by atoms with E-state index in [0.717, 1.165) is 46.1 Å². The Labute approximate surface area is 176 Å². The minimum Gasteiger partial charge on any atom is -0.376 e. The smallest absolute Gasteiger partial charge is 0.272 e. The molecule has 4 heterocycles. The molecule has 5 nitrogen and oxygen atoms in total. The summed E-state index contributed by atoms with van der Waals surface area (Å²) in [5.41, 5.74) is 3.28. The summed E-state index contributed by atoms with van der Waals surface area (Å²) in [6.45, 7) is 3.44. The maximum absolute atomic E-state index is 13.4. The van der Waals surface area contributed by atoms with Crippen LogP contribution in [0.15, 0.2) is 52.5 Å². The quantitative estimate of drug-likeness (QED) is 0.341. The van der Waals surface area contributed by atoms with Crippen molar-refractivity contribution in [1.82, 2.24) is 14.5 Å². The molecule has 0 saturated carbocycles. The van der Waals surface area contributed by atoms with Crippen molar-refractivity contribution in [3.63, 3.8) is 0 Å². The molecule has 29 heavy (non-hydrogen) atoms. The van der Waals surface area contributed by atoms with Gasteiger partial charge < -0.3 is 4.74 Å². The lowest BCUT2D eigenvalue weighted by molar-refractivity contribution is 0.0938. The minimum atomic E-state index is 0.0146. The van der Waals surface area contributed by atoms with E-state index in [1.54, 1.807) is 18.0 Å². The van der Waals surface area contributed by atoms with Gasteiger partial charge >= 0.3 is 0 Å². The summed E-state index contributed by atoms with van der Waals surface area (Å²) in [5.74, 6) is 0.774. The third kappa shape index (κ3) is 3.58. The van der Waals surface area contributed by atoms with E-state index in [-0.39, 0.29) is 11.7 Å². The standard InChI is InChI=1S/C22H21N3O2S2/c1-14-6-2-3-7-15(14)13-28-22-24-18-17-9-4-10-23-20(17)29-19(18)21(26)25(22)12-16-8-5-11-27-16/h2-4,6-7,9-10,16H,5,8,11-13H2,1H3. The van der Waals surface area contributed by atoms with Crippen LogP contribution < -0.4 is 5.56 Å². The van der Waals surface area contributed by atoms with E-state index < -0.39 is 0 Å². The van der Waals surface area contributed by atoms with Crippen LogP contribution in [0.4, 0.5) is 0 Å². The Kier molecular flexibility index (Phi) is 5.11. The summed E-state index contributed by atoms with van der Waals surface area (Å²) in [7, 11) is 0. The van der Waals surface area contributed by atoms with Crippen molar-refractivity contribution in [1.29, 1.82) is 0 Å². The monoisotopic (exact) mass is 423 g/mol. The number of ether oxygens (including phenoxy) is 1. The number of rotatable bonds is 5. The molecule has 1 atom stereocenters. The summed E-state index contributed by atoms with van der Waals surface area (Å²) in [4.78, 5) is 23.7. The van der Waals surface area contributed by atoms with E-state index >= 15 is 0 Å². The Hall–Kier alpha value is -2.22. The van der Waals surface area contributed by atoms with Gasteiger partial charge in [-0.15, -0.1) is 11.3 Å². The Morgan fingerprint density at radius 2 is 2.17 bits per heavy atom. The van der Waals surface area contributed by atoms with E-state index in [1.165, 1.54) is 22.5 Å². The lowest BCUT2D eigenvalue weighted by atomic mass is 10.1. The van der Waals surface area contributed by atoms with Crippen molar-refractivity contribution in [2.45, 2.75) is 43.3 Å². The highest BCUT2D eigenvalue weighted by Crippen LogP contribution is 2.32. The molecule has 1 aliphatic rings. The number of pyridine rings is 1. The fourth-order valence-electron chi connectivity index (χ4n) is 3.72.